The molecule has 2 aliphatic rings. The summed E-state index contributed by atoms with van der Waals surface area (Å²) in [5.74, 6) is -1.55. The van der Waals surface area contributed by atoms with Crippen LogP contribution in [0.2, 0.25) is 0 Å². The highest BCUT2D eigenvalue weighted by Crippen LogP contribution is 2.41. The number of phenols is 1. The fourth-order valence-electron chi connectivity index (χ4n) is 3.37. The molecule has 1 aromatic heterocycles. The molecule has 32 heavy (non-hydrogen) atoms. The molecule has 0 aliphatic carbocycles. The van der Waals surface area contributed by atoms with Crippen molar-refractivity contribution >= 4 is 41.3 Å². The quantitative estimate of drug-likeness (QED) is 0.297. The van der Waals surface area contributed by atoms with Crippen molar-refractivity contribution in [3.05, 3.63) is 41.1 Å². The molecule has 4 rings (SSSR count). The first kappa shape index (κ1) is 22.1. The summed E-state index contributed by atoms with van der Waals surface area (Å²) in [6.45, 7) is 0. The van der Waals surface area contributed by atoms with Crippen molar-refractivity contribution in [1.82, 2.24) is 30.4 Å². The minimum atomic E-state index is -1.21. The molecule has 12 nitrogen and oxygen atoms in total. The molecule has 3 heterocycles. The fraction of sp³-hybridized carbons (Fsp3) is 0.333. The van der Waals surface area contributed by atoms with Gasteiger partial charge in [-0.05, 0) is 33.7 Å². The smallest absolute Gasteiger partial charge is 0.352 e. The summed E-state index contributed by atoms with van der Waals surface area (Å²) >= 11 is 2.64. The van der Waals surface area contributed by atoms with Gasteiger partial charge in [0.15, 0.2) is 0 Å². The third-order valence-corrected chi connectivity index (χ3v) is 7.48. The summed E-state index contributed by atoms with van der Waals surface area (Å²) in [6.07, 6.45) is 0. The Morgan fingerprint density at radius 1 is 1.38 bits per heavy atom. The van der Waals surface area contributed by atoms with Crippen LogP contribution in [0, 0.1) is 0 Å². The van der Waals surface area contributed by atoms with Crippen molar-refractivity contribution < 1.29 is 24.6 Å². The van der Waals surface area contributed by atoms with Crippen molar-refractivity contribution in [2.75, 3.05) is 11.5 Å². The van der Waals surface area contributed by atoms with Gasteiger partial charge in [0.25, 0.3) is 5.91 Å². The van der Waals surface area contributed by atoms with Crippen LogP contribution >= 0.6 is 23.5 Å². The van der Waals surface area contributed by atoms with Crippen LogP contribution in [-0.2, 0) is 21.4 Å². The molecule has 2 amide bonds. The number of amides is 2. The predicted molar refractivity (Wildman–Crippen MR) is 114 cm³/mol. The number of nitrogens with zero attached hydrogens (tertiary/aromatic N) is 5. The van der Waals surface area contributed by atoms with Crippen LogP contribution in [0.25, 0.3) is 0 Å². The standard InChI is InChI=1S/C18H19N7O5S2/c1-24-18(21-22-23-24)32-7-9-6-31-16-12(15(28)25(16)13(9)17(29)30)20-14(27)11(19)8-2-4-10(26)5-3-8/h2-5,11-12,16,26H,6-7,19H2,1H3,(H,20,27)(H,29,30)/t11-,12?,16-/m1/s1. The number of aliphatic carboxylic acids is 1. The van der Waals surface area contributed by atoms with Gasteiger partial charge in [-0.15, -0.1) is 16.9 Å². The first-order valence-electron chi connectivity index (χ1n) is 9.38. The van der Waals surface area contributed by atoms with E-state index in [0.29, 0.717) is 27.8 Å². The molecule has 14 heteroatoms. The number of fused-ring (bicyclic) bond motifs is 1. The Labute approximate surface area is 190 Å². The van der Waals surface area contributed by atoms with Crippen molar-refractivity contribution in [3.63, 3.8) is 0 Å². The van der Waals surface area contributed by atoms with E-state index in [2.05, 4.69) is 20.8 Å². The largest absolute Gasteiger partial charge is 0.508 e. The van der Waals surface area contributed by atoms with E-state index in [1.165, 1.54) is 57.4 Å². The number of nitrogens with two attached hydrogens (primary N) is 1. The summed E-state index contributed by atoms with van der Waals surface area (Å²) in [5.41, 5.74) is 6.95. The predicted octanol–water partition coefficient (Wildman–Crippen LogP) is -0.554. The molecule has 0 spiro atoms. The number of benzene rings is 1. The molecule has 0 bridgehead atoms. The topological polar surface area (TPSA) is 177 Å². The molecule has 1 aromatic carbocycles. The van der Waals surface area contributed by atoms with Crippen LogP contribution in [0.5, 0.6) is 5.75 Å². The van der Waals surface area contributed by atoms with E-state index >= 15 is 0 Å². The van der Waals surface area contributed by atoms with E-state index in [0.717, 1.165) is 0 Å². The van der Waals surface area contributed by atoms with Crippen molar-refractivity contribution in [1.29, 1.82) is 0 Å². The third-order valence-electron chi connectivity index (χ3n) is 5.04. The number of phenolic OH excluding ortho intramolecular Hbond substituents is 1. The number of carbonyl (C=O) groups is 3. The Hall–Kier alpha value is -3.10. The lowest BCUT2D eigenvalue weighted by Gasteiger charge is -2.49. The lowest BCUT2D eigenvalue weighted by atomic mass is 10.0. The van der Waals surface area contributed by atoms with Gasteiger partial charge >= 0.3 is 5.97 Å². The van der Waals surface area contributed by atoms with Crippen LogP contribution in [0.3, 0.4) is 0 Å². The maximum Gasteiger partial charge on any atom is 0.352 e. The summed E-state index contributed by atoms with van der Waals surface area (Å²) in [6, 6.07) is 3.96. The van der Waals surface area contributed by atoms with E-state index < -0.39 is 35.2 Å². The number of carboxylic acid groups (broad SMARTS) is 1. The lowest BCUT2D eigenvalue weighted by Crippen LogP contribution is -2.71. The van der Waals surface area contributed by atoms with Crippen LogP contribution in [0.15, 0.2) is 40.7 Å². The molecule has 3 atom stereocenters. The molecular weight excluding hydrogens is 458 g/mol. The number of rotatable bonds is 7. The highest BCUT2D eigenvalue weighted by atomic mass is 32.2. The highest BCUT2D eigenvalue weighted by molar-refractivity contribution is 8.01. The second-order valence-corrected chi connectivity index (χ2v) is 9.14. The SMILES string of the molecule is Cn1nnnc1SCC1=C(C(=O)O)N2C(=O)C(NC(=O)[C@H](N)c3ccc(O)cc3)[C@H]2SC1. The molecule has 1 unspecified atom stereocenters. The number of aromatic hydroxyl groups is 1. The number of nitrogens with one attached hydrogen (secondary N) is 1. The summed E-state index contributed by atoms with van der Waals surface area (Å²) in [7, 11) is 1.68. The van der Waals surface area contributed by atoms with Gasteiger partial charge in [0, 0.05) is 18.6 Å². The van der Waals surface area contributed by atoms with Crippen LogP contribution in [-0.4, -0.2) is 76.0 Å². The average Bonchev–Trinajstić information content (AvgIpc) is 3.19. The molecule has 168 valence electrons. The summed E-state index contributed by atoms with van der Waals surface area (Å²) in [4.78, 5) is 38.5. The van der Waals surface area contributed by atoms with Gasteiger partial charge < -0.3 is 21.3 Å². The van der Waals surface area contributed by atoms with Gasteiger partial charge in [-0.25, -0.2) is 9.48 Å². The molecule has 5 N–H and O–H groups in total. The number of carboxylic acids is 1. The van der Waals surface area contributed by atoms with E-state index in [4.69, 9.17) is 5.73 Å². The molecule has 2 aliphatic heterocycles. The molecule has 2 aromatic rings. The Morgan fingerprint density at radius 3 is 2.72 bits per heavy atom. The number of aryl methyl sites for hydroxylation is 1. The number of carbonyl (C=O) groups excluding carboxylic acids is 2. The van der Waals surface area contributed by atoms with Gasteiger partial charge in [0.1, 0.15) is 28.9 Å². The highest BCUT2D eigenvalue weighted by Gasteiger charge is 2.54. The zero-order chi connectivity index (χ0) is 23.0. The van der Waals surface area contributed by atoms with E-state index in [1.807, 2.05) is 0 Å². The van der Waals surface area contributed by atoms with E-state index in [9.17, 15) is 24.6 Å². The van der Waals surface area contributed by atoms with Crippen LogP contribution in [0.1, 0.15) is 11.6 Å². The molecule has 0 radical (unpaired) electrons. The lowest BCUT2D eigenvalue weighted by molar-refractivity contribution is -0.150. The first-order chi connectivity index (χ1) is 15.3. The Morgan fingerprint density at radius 2 is 2.09 bits per heavy atom. The monoisotopic (exact) mass is 477 g/mol. The number of aromatic nitrogens is 4. The second kappa shape index (κ2) is 8.80. The fourth-order valence-corrected chi connectivity index (χ4v) is 5.70. The average molecular weight is 478 g/mol. The molecular formula is C18H19N7O5S2. The third kappa shape index (κ3) is 4.03. The van der Waals surface area contributed by atoms with Crippen LogP contribution in [0.4, 0.5) is 0 Å². The van der Waals surface area contributed by atoms with Crippen LogP contribution < -0.4 is 11.1 Å². The van der Waals surface area contributed by atoms with Crippen molar-refractivity contribution in [2.45, 2.75) is 22.6 Å². The van der Waals surface area contributed by atoms with Gasteiger partial charge in [-0.1, -0.05) is 23.9 Å². The zero-order valence-corrected chi connectivity index (χ0v) is 18.3. The van der Waals surface area contributed by atoms with Crippen molar-refractivity contribution in [2.24, 2.45) is 12.8 Å². The minimum Gasteiger partial charge on any atom is -0.508 e. The number of tetrazole rings is 1. The summed E-state index contributed by atoms with van der Waals surface area (Å²) < 4.78 is 1.47. The Balaban J connectivity index is 1.45. The second-order valence-electron chi connectivity index (χ2n) is 7.10. The maximum atomic E-state index is 12.8. The minimum absolute atomic E-state index is 0.0437. The van der Waals surface area contributed by atoms with E-state index in [-0.39, 0.29) is 11.4 Å². The normalized spacial score (nSPS) is 21.1. The van der Waals surface area contributed by atoms with E-state index in [1.54, 1.807) is 7.05 Å². The van der Waals surface area contributed by atoms with Gasteiger partial charge in [0.05, 0.1) is 0 Å². The Kier molecular flexibility index (Phi) is 6.08. The number of thioether (sulfide) groups is 2. The zero-order valence-electron chi connectivity index (χ0n) is 16.7. The van der Waals surface area contributed by atoms with Gasteiger partial charge in [-0.3, -0.25) is 14.5 Å². The van der Waals surface area contributed by atoms with Gasteiger partial charge in [-0.2, -0.15) is 0 Å². The summed E-state index contributed by atoms with van der Waals surface area (Å²) in [5, 5.41) is 32.9. The van der Waals surface area contributed by atoms with Gasteiger partial charge in [0.2, 0.25) is 11.1 Å². The van der Waals surface area contributed by atoms with Crippen molar-refractivity contribution in [3.8, 4) is 5.75 Å². The maximum absolute atomic E-state index is 12.8. The molecule has 1 saturated heterocycles. The number of hydrogen-bond donors (Lipinski definition) is 4. The Bertz CT molecular complexity index is 1100. The molecule has 1 fully saturated rings. The molecule has 0 saturated carbocycles. The number of β-lactam (4-membered cyclic amide) rings is 1. The first-order valence-corrected chi connectivity index (χ1v) is 11.4. The number of hydrogen-bond acceptors (Lipinski definition) is 10.